The highest BCUT2D eigenvalue weighted by molar-refractivity contribution is 5.95. The molecule has 138 valence electrons. The van der Waals surface area contributed by atoms with E-state index in [1.165, 1.54) is 0 Å². The molecule has 0 spiro atoms. The molecule has 0 saturated carbocycles. The smallest absolute Gasteiger partial charge is 0.227 e. The minimum atomic E-state index is 0.133. The molecule has 0 aliphatic carbocycles. The van der Waals surface area contributed by atoms with Gasteiger partial charge in [-0.2, -0.15) is 5.10 Å². The molecule has 0 unspecified atom stereocenters. The van der Waals surface area contributed by atoms with Gasteiger partial charge in [-0.25, -0.2) is 4.68 Å². The van der Waals surface area contributed by atoms with Crippen LogP contribution in [0.5, 0.6) is 0 Å². The van der Waals surface area contributed by atoms with Crippen molar-refractivity contribution in [2.45, 2.75) is 39.2 Å². The first-order valence-corrected chi connectivity index (χ1v) is 9.26. The number of amides is 1. The molecule has 4 rings (SSSR count). The van der Waals surface area contributed by atoms with E-state index in [0.717, 1.165) is 41.0 Å². The van der Waals surface area contributed by atoms with Crippen LogP contribution in [0.3, 0.4) is 0 Å². The van der Waals surface area contributed by atoms with Crippen molar-refractivity contribution in [3.8, 4) is 16.9 Å². The third-order valence-corrected chi connectivity index (χ3v) is 4.90. The van der Waals surface area contributed by atoms with Gasteiger partial charge >= 0.3 is 0 Å². The second kappa shape index (κ2) is 6.87. The SMILES string of the molecule is CC(C)N1C(=O)CCCc2cc(-n3nc(-c4ccncc4)cc3N)ccc21. The maximum absolute atomic E-state index is 12.5. The first-order valence-electron chi connectivity index (χ1n) is 9.26. The molecule has 27 heavy (non-hydrogen) atoms. The van der Waals surface area contributed by atoms with Crippen molar-refractivity contribution in [1.29, 1.82) is 0 Å². The van der Waals surface area contributed by atoms with E-state index in [1.807, 2.05) is 49.1 Å². The van der Waals surface area contributed by atoms with Gasteiger partial charge in [0.25, 0.3) is 0 Å². The second-order valence-electron chi connectivity index (χ2n) is 7.13. The normalized spacial score (nSPS) is 14.3. The maximum atomic E-state index is 12.5. The van der Waals surface area contributed by atoms with Gasteiger partial charge < -0.3 is 10.6 Å². The van der Waals surface area contributed by atoms with Gasteiger partial charge in [-0.3, -0.25) is 9.78 Å². The lowest BCUT2D eigenvalue weighted by Gasteiger charge is -2.27. The molecule has 0 bridgehead atoms. The summed E-state index contributed by atoms with van der Waals surface area (Å²) in [5.74, 6) is 0.766. The number of pyridine rings is 1. The number of nitrogens with zero attached hydrogens (tertiary/aromatic N) is 4. The van der Waals surface area contributed by atoms with E-state index in [-0.39, 0.29) is 11.9 Å². The van der Waals surface area contributed by atoms with Gasteiger partial charge in [0.1, 0.15) is 5.82 Å². The topological polar surface area (TPSA) is 77.0 Å². The van der Waals surface area contributed by atoms with Crippen LogP contribution in [0.4, 0.5) is 11.5 Å². The van der Waals surface area contributed by atoms with Crippen molar-refractivity contribution in [2.75, 3.05) is 10.6 Å². The highest BCUT2D eigenvalue weighted by atomic mass is 16.2. The van der Waals surface area contributed by atoms with Gasteiger partial charge in [-0.1, -0.05) is 0 Å². The Kier molecular flexibility index (Phi) is 4.39. The number of anilines is 2. The highest BCUT2D eigenvalue weighted by Crippen LogP contribution is 2.31. The van der Waals surface area contributed by atoms with E-state index in [9.17, 15) is 4.79 Å². The van der Waals surface area contributed by atoms with E-state index in [2.05, 4.69) is 16.1 Å². The highest BCUT2D eigenvalue weighted by Gasteiger charge is 2.25. The van der Waals surface area contributed by atoms with E-state index in [0.29, 0.717) is 12.2 Å². The molecule has 0 saturated heterocycles. The number of carbonyl (C=O) groups excluding carboxylic acids is 1. The lowest BCUT2D eigenvalue weighted by atomic mass is 10.1. The zero-order chi connectivity index (χ0) is 19.0. The summed E-state index contributed by atoms with van der Waals surface area (Å²) >= 11 is 0. The number of fused-ring (bicyclic) bond motifs is 1. The summed E-state index contributed by atoms with van der Waals surface area (Å²) in [6.45, 7) is 4.10. The largest absolute Gasteiger partial charge is 0.384 e. The Morgan fingerprint density at radius 2 is 1.85 bits per heavy atom. The van der Waals surface area contributed by atoms with Crippen molar-refractivity contribution < 1.29 is 4.79 Å². The Morgan fingerprint density at radius 3 is 2.59 bits per heavy atom. The fourth-order valence-corrected chi connectivity index (χ4v) is 3.66. The Balaban J connectivity index is 1.75. The number of rotatable bonds is 3. The van der Waals surface area contributed by atoms with Crippen molar-refractivity contribution >= 4 is 17.4 Å². The molecular weight excluding hydrogens is 338 g/mol. The molecule has 0 atom stereocenters. The van der Waals surface area contributed by atoms with Gasteiger partial charge in [0, 0.05) is 42.2 Å². The number of nitrogen functional groups attached to an aromatic ring is 1. The fourth-order valence-electron chi connectivity index (χ4n) is 3.66. The average Bonchev–Trinajstić information content (AvgIpc) is 2.96. The van der Waals surface area contributed by atoms with E-state index >= 15 is 0 Å². The summed E-state index contributed by atoms with van der Waals surface area (Å²) in [5, 5.41) is 4.68. The monoisotopic (exact) mass is 361 g/mol. The Morgan fingerprint density at radius 1 is 1.07 bits per heavy atom. The van der Waals surface area contributed by atoms with Crippen LogP contribution in [-0.4, -0.2) is 26.7 Å². The van der Waals surface area contributed by atoms with Crippen LogP contribution >= 0.6 is 0 Å². The molecule has 1 aliphatic heterocycles. The van der Waals surface area contributed by atoms with Crippen molar-refractivity contribution in [1.82, 2.24) is 14.8 Å². The van der Waals surface area contributed by atoms with Crippen LogP contribution in [0, 0.1) is 0 Å². The number of nitrogens with two attached hydrogens (primary N) is 1. The first-order chi connectivity index (χ1) is 13.0. The second-order valence-corrected chi connectivity index (χ2v) is 7.13. The van der Waals surface area contributed by atoms with E-state index in [1.54, 1.807) is 17.1 Å². The predicted molar refractivity (Wildman–Crippen MR) is 107 cm³/mol. The molecule has 1 amide bonds. The molecule has 3 aromatic rings. The molecule has 2 aromatic heterocycles. The first kappa shape index (κ1) is 17.3. The van der Waals surface area contributed by atoms with Crippen LogP contribution in [-0.2, 0) is 11.2 Å². The van der Waals surface area contributed by atoms with Gasteiger partial charge in [0.2, 0.25) is 5.91 Å². The van der Waals surface area contributed by atoms with Gasteiger partial charge in [0.05, 0.1) is 11.4 Å². The zero-order valence-corrected chi connectivity index (χ0v) is 15.6. The van der Waals surface area contributed by atoms with Gasteiger partial charge in [-0.15, -0.1) is 0 Å². The molecule has 1 aliphatic rings. The summed E-state index contributed by atoms with van der Waals surface area (Å²) in [5.41, 5.74) is 11.1. The van der Waals surface area contributed by atoms with Crippen molar-refractivity contribution in [3.63, 3.8) is 0 Å². The lowest BCUT2D eigenvalue weighted by molar-refractivity contribution is -0.118. The zero-order valence-electron chi connectivity index (χ0n) is 15.6. The molecular formula is C21H23N5O. The van der Waals surface area contributed by atoms with Crippen LogP contribution in [0.1, 0.15) is 32.3 Å². The summed E-state index contributed by atoms with van der Waals surface area (Å²) in [6, 6.07) is 11.9. The van der Waals surface area contributed by atoms with Crippen LogP contribution in [0.25, 0.3) is 16.9 Å². The van der Waals surface area contributed by atoms with Gasteiger partial charge in [-0.05, 0) is 62.6 Å². The van der Waals surface area contributed by atoms with Crippen LogP contribution in [0.15, 0.2) is 48.8 Å². The van der Waals surface area contributed by atoms with Crippen LogP contribution in [0.2, 0.25) is 0 Å². The third-order valence-electron chi connectivity index (χ3n) is 4.90. The van der Waals surface area contributed by atoms with Crippen molar-refractivity contribution in [3.05, 3.63) is 54.4 Å². The third kappa shape index (κ3) is 3.18. The Bertz CT molecular complexity index is 977. The number of hydrogen-bond donors (Lipinski definition) is 1. The number of aryl methyl sites for hydroxylation is 1. The summed E-state index contributed by atoms with van der Waals surface area (Å²) in [6.07, 6.45) is 5.79. The summed E-state index contributed by atoms with van der Waals surface area (Å²) in [7, 11) is 0. The minimum Gasteiger partial charge on any atom is -0.384 e. The summed E-state index contributed by atoms with van der Waals surface area (Å²) in [4.78, 5) is 18.4. The summed E-state index contributed by atoms with van der Waals surface area (Å²) < 4.78 is 1.75. The molecule has 0 fully saturated rings. The standard InChI is InChI=1S/C21H23N5O/c1-14(2)25-19-7-6-17(12-16(19)4-3-5-21(25)27)26-20(22)13-18(24-26)15-8-10-23-11-9-15/h6-14H,3-5,22H2,1-2H3. The average molecular weight is 361 g/mol. The molecule has 3 heterocycles. The predicted octanol–water partition coefficient (Wildman–Crippen LogP) is 3.59. The fraction of sp³-hybridized carbons (Fsp3) is 0.286. The maximum Gasteiger partial charge on any atom is 0.227 e. The number of carbonyl (C=O) groups is 1. The van der Waals surface area contributed by atoms with E-state index in [4.69, 9.17) is 5.73 Å². The van der Waals surface area contributed by atoms with Gasteiger partial charge in [0.15, 0.2) is 0 Å². The lowest BCUT2D eigenvalue weighted by Crippen LogP contribution is -2.36. The van der Waals surface area contributed by atoms with Crippen LogP contribution < -0.4 is 10.6 Å². The Labute approximate surface area is 158 Å². The number of aromatic nitrogens is 3. The number of hydrogen-bond acceptors (Lipinski definition) is 4. The van der Waals surface area contributed by atoms with E-state index < -0.39 is 0 Å². The minimum absolute atomic E-state index is 0.133. The Hall–Kier alpha value is -3.15. The molecule has 2 N–H and O–H groups in total. The molecule has 6 heteroatoms. The molecule has 1 aromatic carbocycles. The molecule has 0 radical (unpaired) electrons. The van der Waals surface area contributed by atoms with Crippen molar-refractivity contribution in [2.24, 2.45) is 0 Å². The number of benzene rings is 1. The molecule has 6 nitrogen and oxygen atoms in total. The quantitative estimate of drug-likeness (QED) is 0.773.